The molecule has 0 spiro atoms. The van der Waals surface area contributed by atoms with Gasteiger partial charge in [-0.05, 0) is 30.3 Å². The Balaban J connectivity index is 2.13. The van der Waals surface area contributed by atoms with E-state index in [-0.39, 0.29) is 0 Å². The van der Waals surface area contributed by atoms with Crippen LogP contribution in [0.5, 0.6) is 0 Å². The Morgan fingerprint density at radius 3 is 2.79 bits per heavy atom. The minimum Gasteiger partial charge on any atom is -0.264 e. The molecule has 2 heteroatoms. The van der Waals surface area contributed by atoms with Gasteiger partial charge in [-0.15, -0.1) is 11.3 Å². The van der Waals surface area contributed by atoms with E-state index in [9.17, 15) is 0 Å². The number of aromatic nitrogens is 1. The Hall–Kier alpha value is -2.19. The molecule has 0 aliphatic carbocycles. The number of hydrogen-bond acceptors (Lipinski definition) is 2. The van der Waals surface area contributed by atoms with Gasteiger partial charge in [-0.25, -0.2) is 0 Å². The van der Waals surface area contributed by atoms with Gasteiger partial charge in [0.2, 0.25) is 0 Å². The van der Waals surface area contributed by atoms with Crippen LogP contribution < -0.4 is 0 Å². The Kier molecular flexibility index (Phi) is 2.35. The van der Waals surface area contributed by atoms with Gasteiger partial charge in [0, 0.05) is 43.7 Å². The van der Waals surface area contributed by atoms with E-state index in [1.165, 1.54) is 25.7 Å². The Bertz CT molecular complexity index is 862. The van der Waals surface area contributed by atoms with Crippen LogP contribution in [0.15, 0.2) is 60.9 Å². The lowest BCUT2D eigenvalue weighted by Gasteiger charge is -2.01. The number of fused-ring (bicyclic) bond motifs is 3. The van der Waals surface area contributed by atoms with Crippen molar-refractivity contribution in [3.63, 3.8) is 0 Å². The lowest BCUT2D eigenvalue weighted by molar-refractivity contribution is 1.33. The first kappa shape index (κ1) is 10.7. The Labute approximate surface area is 115 Å². The van der Waals surface area contributed by atoms with Gasteiger partial charge < -0.3 is 0 Å². The molecule has 0 amide bonds. The van der Waals surface area contributed by atoms with Crippen LogP contribution in [0.2, 0.25) is 0 Å². The van der Waals surface area contributed by atoms with E-state index in [4.69, 9.17) is 0 Å². The van der Waals surface area contributed by atoms with Gasteiger partial charge in [0.1, 0.15) is 0 Å². The molecule has 89 valence electrons. The molecule has 1 radical (unpaired) electrons. The molecule has 4 aromatic rings. The van der Waals surface area contributed by atoms with E-state index in [1.54, 1.807) is 6.20 Å². The second-order valence-corrected chi connectivity index (χ2v) is 5.50. The second-order valence-electron chi connectivity index (χ2n) is 4.45. The van der Waals surface area contributed by atoms with E-state index in [1.807, 2.05) is 23.6 Å². The van der Waals surface area contributed by atoms with Crippen molar-refractivity contribution in [1.82, 2.24) is 4.98 Å². The van der Waals surface area contributed by atoms with Crippen LogP contribution in [-0.4, -0.2) is 4.98 Å². The van der Waals surface area contributed by atoms with Crippen LogP contribution in [0, 0.1) is 6.07 Å². The predicted molar refractivity (Wildman–Crippen MR) is 81.4 cm³/mol. The first-order valence-corrected chi connectivity index (χ1v) is 6.97. The fourth-order valence-electron chi connectivity index (χ4n) is 2.42. The molecular formula is C17H10NS. The van der Waals surface area contributed by atoms with Gasteiger partial charge in [-0.3, -0.25) is 4.98 Å². The third kappa shape index (κ3) is 1.65. The van der Waals surface area contributed by atoms with Crippen LogP contribution in [0.4, 0.5) is 0 Å². The van der Waals surface area contributed by atoms with Gasteiger partial charge >= 0.3 is 0 Å². The highest BCUT2D eigenvalue weighted by Gasteiger charge is 2.09. The van der Waals surface area contributed by atoms with Gasteiger partial charge in [0.25, 0.3) is 0 Å². The molecule has 0 aliphatic rings. The van der Waals surface area contributed by atoms with Crippen molar-refractivity contribution in [3.05, 3.63) is 67.0 Å². The molecule has 0 saturated heterocycles. The molecule has 0 N–H and O–H groups in total. The maximum Gasteiger partial charge on any atom is 0.0434 e. The number of hydrogen-bond donors (Lipinski definition) is 0. The van der Waals surface area contributed by atoms with Gasteiger partial charge in [0.05, 0.1) is 0 Å². The first-order valence-electron chi connectivity index (χ1n) is 6.15. The summed E-state index contributed by atoms with van der Waals surface area (Å²) in [6.45, 7) is 0. The second kappa shape index (κ2) is 4.18. The minimum atomic E-state index is 1.15. The van der Waals surface area contributed by atoms with Crippen molar-refractivity contribution in [3.8, 4) is 11.1 Å². The number of benzene rings is 2. The monoisotopic (exact) mass is 260 g/mol. The average molecular weight is 260 g/mol. The molecule has 0 fully saturated rings. The molecule has 0 saturated carbocycles. The van der Waals surface area contributed by atoms with E-state index < -0.39 is 0 Å². The lowest BCUT2D eigenvalue weighted by Crippen LogP contribution is -1.79. The van der Waals surface area contributed by atoms with Crippen LogP contribution >= 0.6 is 11.3 Å². The quantitative estimate of drug-likeness (QED) is 0.473. The highest BCUT2D eigenvalue weighted by atomic mass is 32.1. The Morgan fingerprint density at radius 2 is 1.89 bits per heavy atom. The van der Waals surface area contributed by atoms with Crippen LogP contribution in [0.25, 0.3) is 31.3 Å². The van der Waals surface area contributed by atoms with E-state index in [0.717, 1.165) is 5.56 Å². The lowest BCUT2D eigenvalue weighted by atomic mass is 10.0. The maximum atomic E-state index is 4.21. The summed E-state index contributed by atoms with van der Waals surface area (Å²) in [5.74, 6) is 0. The molecule has 0 unspecified atom stereocenters. The fourth-order valence-corrected chi connectivity index (χ4v) is 3.64. The average Bonchev–Trinajstić information content (AvgIpc) is 2.87. The minimum absolute atomic E-state index is 1.15. The largest absolute Gasteiger partial charge is 0.264 e. The summed E-state index contributed by atoms with van der Waals surface area (Å²) in [7, 11) is 0. The van der Waals surface area contributed by atoms with Gasteiger partial charge in [0.15, 0.2) is 0 Å². The third-order valence-electron chi connectivity index (χ3n) is 3.31. The topological polar surface area (TPSA) is 12.9 Å². The summed E-state index contributed by atoms with van der Waals surface area (Å²) in [5.41, 5.74) is 2.36. The number of pyridine rings is 1. The normalized spacial score (nSPS) is 11.2. The smallest absolute Gasteiger partial charge is 0.0434 e. The summed E-state index contributed by atoms with van der Waals surface area (Å²) in [6, 6.07) is 20.0. The van der Waals surface area contributed by atoms with Crippen molar-refractivity contribution in [1.29, 1.82) is 0 Å². The fraction of sp³-hybridized carbons (Fsp3) is 0. The molecule has 1 nitrogen and oxygen atoms in total. The van der Waals surface area contributed by atoms with Crippen LogP contribution in [0.1, 0.15) is 0 Å². The van der Waals surface area contributed by atoms with Crippen molar-refractivity contribution in [2.45, 2.75) is 0 Å². The number of rotatable bonds is 1. The van der Waals surface area contributed by atoms with Crippen molar-refractivity contribution in [2.24, 2.45) is 0 Å². The Morgan fingerprint density at radius 1 is 0.947 bits per heavy atom. The first-order chi connectivity index (χ1) is 9.43. The molecule has 0 aliphatic heterocycles. The molecule has 2 aromatic heterocycles. The maximum absolute atomic E-state index is 4.21. The third-order valence-corrected chi connectivity index (χ3v) is 4.53. The van der Waals surface area contributed by atoms with Gasteiger partial charge in [-0.2, -0.15) is 0 Å². The summed E-state index contributed by atoms with van der Waals surface area (Å²) in [4.78, 5) is 4.21. The van der Waals surface area contributed by atoms with Crippen molar-refractivity contribution < 1.29 is 0 Å². The molecule has 0 bridgehead atoms. The number of nitrogens with zero attached hydrogens (tertiary/aromatic N) is 1. The predicted octanol–water partition coefficient (Wildman–Crippen LogP) is 4.92. The molecular weight excluding hydrogens is 250 g/mol. The molecule has 2 heterocycles. The zero-order valence-corrected chi connectivity index (χ0v) is 10.9. The van der Waals surface area contributed by atoms with Crippen molar-refractivity contribution >= 4 is 31.5 Å². The molecule has 2 aromatic carbocycles. The summed E-state index contributed by atoms with van der Waals surface area (Å²) >= 11 is 1.84. The van der Waals surface area contributed by atoms with E-state index >= 15 is 0 Å². The van der Waals surface area contributed by atoms with Gasteiger partial charge in [-0.1, -0.05) is 24.3 Å². The summed E-state index contributed by atoms with van der Waals surface area (Å²) in [5, 5.41) is 2.59. The van der Waals surface area contributed by atoms with Crippen LogP contribution in [0.3, 0.4) is 0 Å². The molecule has 0 atom stereocenters. The highest BCUT2D eigenvalue weighted by molar-refractivity contribution is 7.26. The summed E-state index contributed by atoms with van der Waals surface area (Å²) in [6.07, 6.45) is 3.71. The molecule has 19 heavy (non-hydrogen) atoms. The zero-order valence-electron chi connectivity index (χ0n) is 10.1. The summed E-state index contributed by atoms with van der Waals surface area (Å²) < 4.78 is 2.63. The highest BCUT2D eigenvalue weighted by Crippen LogP contribution is 2.39. The van der Waals surface area contributed by atoms with E-state index in [0.29, 0.717) is 0 Å². The van der Waals surface area contributed by atoms with Crippen LogP contribution in [-0.2, 0) is 0 Å². The molecule has 4 rings (SSSR count). The standard InChI is InChI=1S/C17H10NS/c1-2-9-16-14(6-1)15-8-3-7-13(17(15)19-16)12-5-4-10-18-11-12/h1-2,4-11H. The van der Waals surface area contributed by atoms with Crippen molar-refractivity contribution in [2.75, 3.05) is 0 Å². The SMILES string of the molecule is [c]1cc(-c2cccnc2)c2sc3ccccc3c2c1. The zero-order chi connectivity index (χ0) is 12.7. The van der Waals surface area contributed by atoms with E-state index in [2.05, 4.69) is 53.5 Å². The number of thiophene rings is 1.